The van der Waals surface area contributed by atoms with Crippen LogP contribution < -0.4 is 10.0 Å². The maximum Gasteiger partial charge on any atom is 0.255 e. The highest BCUT2D eigenvalue weighted by Crippen LogP contribution is 2.19. The predicted molar refractivity (Wildman–Crippen MR) is 106 cm³/mol. The van der Waals surface area contributed by atoms with Crippen LogP contribution in [0.5, 0.6) is 0 Å². The van der Waals surface area contributed by atoms with Gasteiger partial charge in [0.1, 0.15) is 0 Å². The Hall–Kier alpha value is -2.76. The number of sulfonamides is 1. The van der Waals surface area contributed by atoms with E-state index in [-0.39, 0.29) is 10.8 Å². The summed E-state index contributed by atoms with van der Waals surface area (Å²) in [5, 5.41) is 14.9. The number of rotatable bonds is 7. The molecular weight excluding hydrogens is 400 g/mol. The first-order valence-electron chi connectivity index (χ1n) is 8.28. The van der Waals surface area contributed by atoms with Gasteiger partial charge >= 0.3 is 0 Å². The topological polar surface area (TPSA) is 119 Å². The Morgan fingerprint density at radius 3 is 2.61 bits per heavy atom. The minimum absolute atomic E-state index is 0.108. The van der Waals surface area contributed by atoms with Gasteiger partial charge in [-0.2, -0.15) is 4.68 Å². The minimum Gasteiger partial charge on any atom is -0.322 e. The van der Waals surface area contributed by atoms with Crippen molar-refractivity contribution in [2.75, 3.05) is 18.1 Å². The smallest absolute Gasteiger partial charge is 0.255 e. The van der Waals surface area contributed by atoms with Crippen molar-refractivity contribution in [1.82, 2.24) is 24.9 Å². The molecule has 0 saturated carbocycles. The number of thioether (sulfide) groups is 1. The van der Waals surface area contributed by atoms with E-state index in [4.69, 9.17) is 0 Å². The molecule has 0 fully saturated rings. The molecule has 0 atom stereocenters. The van der Waals surface area contributed by atoms with Gasteiger partial charge in [0.05, 0.1) is 10.6 Å². The second-order valence-electron chi connectivity index (χ2n) is 5.61. The van der Waals surface area contributed by atoms with Gasteiger partial charge in [-0.05, 0) is 59.1 Å². The molecule has 3 rings (SSSR count). The zero-order valence-electron chi connectivity index (χ0n) is 15.2. The molecule has 0 aliphatic rings. The van der Waals surface area contributed by atoms with Crippen LogP contribution in [0, 0.1) is 0 Å². The van der Waals surface area contributed by atoms with Crippen LogP contribution in [0.15, 0.2) is 58.6 Å². The van der Waals surface area contributed by atoms with Crippen LogP contribution >= 0.6 is 11.8 Å². The van der Waals surface area contributed by atoms with Crippen molar-refractivity contribution >= 4 is 33.4 Å². The molecule has 0 aliphatic heterocycles. The first-order valence-corrected chi connectivity index (χ1v) is 11.0. The van der Waals surface area contributed by atoms with Crippen molar-refractivity contribution < 1.29 is 13.2 Å². The summed E-state index contributed by atoms with van der Waals surface area (Å²) in [7, 11) is -3.55. The van der Waals surface area contributed by atoms with Crippen LogP contribution in [0.2, 0.25) is 0 Å². The zero-order valence-corrected chi connectivity index (χ0v) is 16.8. The number of anilines is 1. The largest absolute Gasteiger partial charge is 0.322 e. The van der Waals surface area contributed by atoms with Gasteiger partial charge < -0.3 is 5.32 Å². The normalized spacial score (nSPS) is 11.4. The van der Waals surface area contributed by atoms with Crippen LogP contribution in [0.25, 0.3) is 5.69 Å². The average Bonchev–Trinajstić information content (AvgIpc) is 3.17. The molecule has 0 bridgehead atoms. The van der Waals surface area contributed by atoms with Crippen molar-refractivity contribution in [1.29, 1.82) is 0 Å². The van der Waals surface area contributed by atoms with Gasteiger partial charge in [-0.3, -0.25) is 4.79 Å². The fraction of sp³-hybridized carbons (Fsp3) is 0.176. The number of nitrogens with zero attached hydrogens (tertiary/aromatic N) is 4. The van der Waals surface area contributed by atoms with E-state index < -0.39 is 10.0 Å². The van der Waals surface area contributed by atoms with Crippen molar-refractivity contribution in [3.05, 3.63) is 54.1 Å². The Bertz CT molecular complexity index is 1080. The summed E-state index contributed by atoms with van der Waals surface area (Å²) in [5.41, 5.74) is 1.61. The van der Waals surface area contributed by atoms with E-state index in [1.807, 2.05) is 12.3 Å². The molecule has 146 valence electrons. The van der Waals surface area contributed by atoms with Crippen LogP contribution in [0.4, 0.5) is 5.69 Å². The zero-order chi connectivity index (χ0) is 20.1. The average molecular weight is 419 g/mol. The number of nitrogens with one attached hydrogen (secondary N) is 2. The van der Waals surface area contributed by atoms with E-state index in [1.165, 1.54) is 36.0 Å². The molecule has 2 N–H and O–H groups in total. The number of carbonyl (C=O) groups is 1. The fourth-order valence-corrected chi connectivity index (χ4v) is 3.92. The standard InChI is InChI=1S/C17H18N6O3S2/c1-3-18-28(25,26)15-9-7-12(8-10-15)16(24)19-13-5-4-6-14(11-13)23-17(27-2)20-21-22-23/h4-11,18H,3H2,1-2H3,(H,19,24). The second kappa shape index (κ2) is 8.50. The third-order valence-corrected chi connectivity index (χ3v) is 5.91. The van der Waals surface area contributed by atoms with Gasteiger partial charge in [-0.15, -0.1) is 5.10 Å². The van der Waals surface area contributed by atoms with E-state index in [0.29, 0.717) is 28.6 Å². The molecule has 28 heavy (non-hydrogen) atoms. The Labute approximate surface area is 166 Å². The molecule has 0 saturated heterocycles. The summed E-state index contributed by atoms with van der Waals surface area (Å²) in [5.74, 6) is -0.355. The molecule has 0 radical (unpaired) electrons. The molecule has 9 nitrogen and oxygen atoms in total. The first-order chi connectivity index (χ1) is 13.4. The quantitative estimate of drug-likeness (QED) is 0.563. The number of tetrazole rings is 1. The summed E-state index contributed by atoms with van der Waals surface area (Å²) in [6, 6.07) is 12.8. The van der Waals surface area contributed by atoms with Gasteiger partial charge in [0.15, 0.2) is 0 Å². The lowest BCUT2D eigenvalue weighted by Crippen LogP contribution is -2.23. The number of benzene rings is 2. The van der Waals surface area contributed by atoms with Crippen molar-refractivity contribution in [2.45, 2.75) is 17.0 Å². The number of aromatic nitrogens is 4. The number of hydrogen-bond acceptors (Lipinski definition) is 7. The summed E-state index contributed by atoms with van der Waals surface area (Å²) in [6.45, 7) is 1.99. The Balaban J connectivity index is 1.77. The maximum absolute atomic E-state index is 12.5. The highest BCUT2D eigenvalue weighted by atomic mass is 32.2. The van der Waals surface area contributed by atoms with Crippen molar-refractivity contribution in [3.8, 4) is 5.69 Å². The molecular formula is C17H18N6O3S2. The molecule has 1 amide bonds. The minimum atomic E-state index is -3.55. The van der Waals surface area contributed by atoms with Gasteiger partial charge in [0.2, 0.25) is 15.2 Å². The monoisotopic (exact) mass is 418 g/mol. The lowest BCUT2D eigenvalue weighted by molar-refractivity contribution is 0.102. The second-order valence-corrected chi connectivity index (χ2v) is 8.15. The van der Waals surface area contributed by atoms with E-state index in [0.717, 1.165) is 0 Å². The SMILES string of the molecule is CCNS(=O)(=O)c1ccc(C(=O)Nc2cccc(-n3nnnc3SC)c2)cc1. The van der Waals surface area contributed by atoms with Crippen LogP contribution in [-0.2, 0) is 10.0 Å². The van der Waals surface area contributed by atoms with E-state index in [1.54, 1.807) is 29.8 Å². The highest BCUT2D eigenvalue weighted by Gasteiger charge is 2.14. The summed E-state index contributed by atoms with van der Waals surface area (Å²) >= 11 is 1.41. The molecule has 2 aromatic carbocycles. The van der Waals surface area contributed by atoms with Gasteiger partial charge in [-0.1, -0.05) is 24.8 Å². The lowest BCUT2D eigenvalue weighted by Gasteiger charge is -2.09. The summed E-state index contributed by atoms with van der Waals surface area (Å²) < 4.78 is 27.9. The third-order valence-electron chi connectivity index (χ3n) is 3.73. The Kier molecular flexibility index (Phi) is 6.07. The lowest BCUT2D eigenvalue weighted by atomic mass is 10.2. The van der Waals surface area contributed by atoms with Gasteiger partial charge in [-0.25, -0.2) is 13.1 Å². The van der Waals surface area contributed by atoms with Gasteiger partial charge in [0.25, 0.3) is 5.91 Å². The molecule has 11 heteroatoms. The molecule has 3 aromatic rings. The van der Waals surface area contributed by atoms with E-state index >= 15 is 0 Å². The number of carbonyl (C=O) groups excluding carboxylic acids is 1. The molecule has 0 unspecified atom stereocenters. The number of hydrogen-bond donors (Lipinski definition) is 2. The van der Waals surface area contributed by atoms with Crippen molar-refractivity contribution in [2.24, 2.45) is 0 Å². The molecule has 0 aliphatic carbocycles. The Morgan fingerprint density at radius 1 is 1.18 bits per heavy atom. The van der Waals surface area contributed by atoms with Crippen LogP contribution in [-0.4, -0.2) is 47.3 Å². The van der Waals surface area contributed by atoms with E-state index in [2.05, 4.69) is 25.6 Å². The fourth-order valence-electron chi connectivity index (χ4n) is 2.45. The molecule has 1 aromatic heterocycles. The predicted octanol–water partition coefficient (Wildman–Crippen LogP) is 1.93. The summed E-state index contributed by atoms with van der Waals surface area (Å²) in [6.07, 6.45) is 1.87. The van der Waals surface area contributed by atoms with Crippen LogP contribution in [0.3, 0.4) is 0 Å². The van der Waals surface area contributed by atoms with Crippen molar-refractivity contribution in [3.63, 3.8) is 0 Å². The van der Waals surface area contributed by atoms with Gasteiger partial charge in [0, 0.05) is 17.8 Å². The highest BCUT2D eigenvalue weighted by molar-refractivity contribution is 7.98. The summed E-state index contributed by atoms with van der Waals surface area (Å²) in [4.78, 5) is 12.6. The van der Waals surface area contributed by atoms with E-state index in [9.17, 15) is 13.2 Å². The van der Waals surface area contributed by atoms with Crippen LogP contribution in [0.1, 0.15) is 17.3 Å². The first kappa shape index (κ1) is 20.0. The Morgan fingerprint density at radius 2 is 1.93 bits per heavy atom. The third kappa shape index (κ3) is 4.38. The number of amides is 1. The molecule has 0 spiro atoms. The maximum atomic E-state index is 12.5. The molecule has 1 heterocycles.